The molecule has 9 heteroatoms. The highest BCUT2D eigenvalue weighted by molar-refractivity contribution is 14.0. The third-order valence-electron chi connectivity index (χ3n) is 2.91. The van der Waals surface area contributed by atoms with E-state index in [-0.39, 0.29) is 24.0 Å². The summed E-state index contributed by atoms with van der Waals surface area (Å²) in [6.45, 7) is 4.00. The second-order valence-electron chi connectivity index (χ2n) is 4.45. The van der Waals surface area contributed by atoms with Crippen LogP contribution in [0.5, 0.6) is 0 Å². The molecule has 0 fully saturated rings. The van der Waals surface area contributed by atoms with Gasteiger partial charge in [-0.1, -0.05) is 0 Å². The highest BCUT2D eigenvalue weighted by Crippen LogP contribution is 1.89. The van der Waals surface area contributed by atoms with Crippen LogP contribution in [0.1, 0.15) is 5.82 Å². The van der Waals surface area contributed by atoms with E-state index in [1.54, 1.807) is 18.8 Å². The van der Waals surface area contributed by atoms with E-state index in [0.29, 0.717) is 6.54 Å². The molecule has 0 spiro atoms. The summed E-state index contributed by atoms with van der Waals surface area (Å²) in [4.78, 5) is 10.5. The van der Waals surface area contributed by atoms with Crippen LogP contribution in [-0.2, 0) is 18.3 Å². The molecule has 0 aliphatic heterocycles. The number of nitrogens with zero attached hydrogens (tertiary/aromatic N) is 5. The van der Waals surface area contributed by atoms with E-state index in [1.165, 1.54) is 6.33 Å². The summed E-state index contributed by atoms with van der Waals surface area (Å²) in [5.41, 5.74) is 0. The molecule has 0 aliphatic carbocycles. The number of aliphatic imine (C=N–C) groups is 1. The third-order valence-corrected chi connectivity index (χ3v) is 2.91. The van der Waals surface area contributed by atoms with Crippen molar-refractivity contribution in [1.29, 1.82) is 0 Å². The average Bonchev–Trinajstić information content (AvgIpc) is 2.85. The fourth-order valence-corrected chi connectivity index (χ4v) is 1.59. The van der Waals surface area contributed by atoms with E-state index >= 15 is 0 Å². The first-order valence-corrected chi connectivity index (χ1v) is 6.62. The highest BCUT2D eigenvalue weighted by Gasteiger charge is 2.03. The molecule has 0 bridgehead atoms. The zero-order chi connectivity index (χ0) is 14.8. The van der Waals surface area contributed by atoms with Crippen LogP contribution >= 0.6 is 24.0 Å². The average molecular weight is 411 g/mol. The fraction of sp³-hybridized carbons (Fsp3) is 0.750. The zero-order valence-electron chi connectivity index (χ0n) is 13.2. The van der Waals surface area contributed by atoms with Gasteiger partial charge in [0.05, 0.1) is 13.2 Å². The molecule has 0 saturated heterocycles. The number of hydrogen-bond donors (Lipinski definition) is 2. The maximum Gasteiger partial charge on any atom is 0.191 e. The first-order chi connectivity index (χ1) is 9.67. The van der Waals surface area contributed by atoms with Crippen LogP contribution in [0.25, 0.3) is 0 Å². The van der Waals surface area contributed by atoms with Gasteiger partial charge in [-0.05, 0) is 7.05 Å². The molecule has 0 atom stereocenters. The minimum atomic E-state index is 0. The number of halogens is 1. The summed E-state index contributed by atoms with van der Waals surface area (Å²) in [6.07, 6.45) is 1.54. The van der Waals surface area contributed by atoms with E-state index in [9.17, 15) is 0 Å². The van der Waals surface area contributed by atoms with Crippen LogP contribution in [-0.4, -0.2) is 73.1 Å². The van der Waals surface area contributed by atoms with Gasteiger partial charge >= 0.3 is 0 Å². The molecule has 2 N–H and O–H groups in total. The van der Waals surface area contributed by atoms with Gasteiger partial charge in [0.25, 0.3) is 0 Å². The Morgan fingerprint density at radius 1 is 1.43 bits per heavy atom. The lowest BCUT2D eigenvalue weighted by atomic mass is 10.5. The monoisotopic (exact) mass is 411 g/mol. The second kappa shape index (κ2) is 11.7. The van der Waals surface area contributed by atoms with Gasteiger partial charge in [0.2, 0.25) is 0 Å². The zero-order valence-corrected chi connectivity index (χ0v) is 15.5. The van der Waals surface area contributed by atoms with Crippen molar-refractivity contribution in [3.05, 3.63) is 12.2 Å². The van der Waals surface area contributed by atoms with Gasteiger partial charge in [-0.15, -0.1) is 24.0 Å². The van der Waals surface area contributed by atoms with Gasteiger partial charge < -0.3 is 20.3 Å². The Morgan fingerprint density at radius 3 is 2.76 bits per heavy atom. The van der Waals surface area contributed by atoms with E-state index in [2.05, 4.69) is 37.7 Å². The Bertz CT molecular complexity index is 410. The molecule has 0 aromatic carbocycles. The summed E-state index contributed by atoms with van der Waals surface area (Å²) >= 11 is 0. The lowest BCUT2D eigenvalue weighted by Gasteiger charge is -2.17. The largest absolute Gasteiger partial charge is 0.383 e. The van der Waals surface area contributed by atoms with E-state index < -0.39 is 0 Å². The van der Waals surface area contributed by atoms with Crippen molar-refractivity contribution in [2.75, 3.05) is 47.4 Å². The number of methoxy groups -OCH3 is 1. The Morgan fingerprint density at radius 2 is 2.19 bits per heavy atom. The topological polar surface area (TPSA) is 79.6 Å². The highest BCUT2D eigenvalue weighted by atomic mass is 127. The van der Waals surface area contributed by atoms with Gasteiger partial charge in [0, 0.05) is 40.8 Å². The molecule has 21 heavy (non-hydrogen) atoms. The molecule has 1 aromatic rings. The third kappa shape index (κ3) is 8.17. The molecular weight excluding hydrogens is 385 g/mol. The summed E-state index contributed by atoms with van der Waals surface area (Å²) in [6, 6.07) is 0. The molecule has 1 rings (SSSR count). The predicted octanol–water partition coefficient (Wildman–Crippen LogP) is -0.324. The van der Waals surface area contributed by atoms with Crippen molar-refractivity contribution in [3.8, 4) is 0 Å². The molecule has 1 aromatic heterocycles. The number of aryl methyl sites for hydroxylation is 1. The molecule has 1 heterocycles. The van der Waals surface area contributed by atoms with E-state index in [1.807, 2.05) is 7.05 Å². The first kappa shape index (κ1) is 20.1. The Hall–Kier alpha value is -0.940. The normalized spacial score (nSPS) is 11.4. The van der Waals surface area contributed by atoms with Crippen molar-refractivity contribution in [2.45, 2.75) is 6.54 Å². The van der Waals surface area contributed by atoms with Crippen LogP contribution in [0, 0.1) is 0 Å². The number of nitrogens with one attached hydrogen (secondary N) is 2. The molecule has 122 valence electrons. The quantitative estimate of drug-likeness (QED) is 0.347. The molecule has 8 nitrogen and oxygen atoms in total. The Balaban J connectivity index is 0.00000400. The maximum atomic E-state index is 5.04. The number of aromatic nitrogens is 3. The van der Waals surface area contributed by atoms with Crippen LogP contribution < -0.4 is 10.6 Å². The summed E-state index contributed by atoms with van der Waals surface area (Å²) in [5, 5.41) is 10.5. The van der Waals surface area contributed by atoms with Crippen LogP contribution in [0.2, 0.25) is 0 Å². The molecule has 0 amide bonds. The SMILES string of the molecule is CN=C(NCCN(C)CCOC)NCc1ncnn1C.I. The number of likely N-dealkylation sites (N-methyl/N-ethyl adjacent to an activating group) is 1. The minimum Gasteiger partial charge on any atom is -0.383 e. The minimum absolute atomic E-state index is 0. The Kier molecular flexibility index (Phi) is 11.2. The van der Waals surface area contributed by atoms with Crippen LogP contribution in [0.4, 0.5) is 0 Å². The predicted molar refractivity (Wildman–Crippen MR) is 94.0 cm³/mol. The molecule has 0 saturated carbocycles. The lowest BCUT2D eigenvalue weighted by Crippen LogP contribution is -2.41. The van der Waals surface area contributed by atoms with Gasteiger partial charge in [-0.3, -0.25) is 9.67 Å². The van der Waals surface area contributed by atoms with Crippen molar-refractivity contribution >= 4 is 29.9 Å². The molecular formula is C12H26IN7O. The van der Waals surface area contributed by atoms with Crippen molar-refractivity contribution in [3.63, 3.8) is 0 Å². The van der Waals surface area contributed by atoms with E-state index in [0.717, 1.165) is 38.0 Å². The van der Waals surface area contributed by atoms with Gasteiger partial charge in [0.1, 0.15) is 12.2 Å². The molecule has 0 radical (unpaired) electrons. The molecule has 0 aliphatic rings. The number of ether oxygens (including phenoxy) is 1. The van der Waals surface area contributed by atoms with Gasteiger partial charge in [-0.2, -0.15) is 5.10 Å². The smallest absolute Gasteiger partial charge is 0.191 e. The standard InChI is InChI=1S/C12H25N7O.HI/c1-13-12(14-5-6-18(2)7-8-20-4)15-9-11-16-10-17-19(11)3;/h10H,5-9H2,1-4H3,(H2,13,14,15);1H. The lowest BCUT2D eigenvalue weighted by molar-refractivity contribution is 0.162. The second-order valence-corrected chi connectivity index (χ2v) is 4.45. The van der Waals surface area contributed by atoms with Crippen molar-refractivity contribution in [1.82, 2.24) is 30.3 Å². The van der Waals surface area contributed by atoms with Crippen molar-refractivity contribution in [2.24, 2.45) is 12.0 Å². The first-order valence-electron chi connectivity index (χ1n) is 6.62. The van der Waals surface area contributed by atoms with Crippen LogP contribution in [0.3, 0.4) is 0 Å². The number of guanidine groups is 1. The fourth-order valence-electron chi connectivity index (χ4n) is 1.59. The number of hydrogen-bond acceptors (Lipinski definition) is 5. The maximum absolute atomic E-state index is 5.04. The van der Waals surface area contributed by atoms with E-state index in [4.69, 9.17) is 4.74 Å². The van der Waals surface area contributed by atoms with Gasteiger partial charge in [0.15, 0.2) is 5.96 Å². The van der Waals surface area contributed by atoms with Gasteiger partial charge in [-0.25, -0.2) is 4.98 Å². The van der Waals surface area contributed by atoms with Crippen LogP contribution in [0.15, 0.2) is 11.3 Å². The number of rotatable bonds is 8. The van der Waals surface area contributed by atoms with Crippen molar-refractivity contribution < 1.29 is 4.74 Å². The summed E-state index contributed by atoms with van der Waals surface area (Å²) in [5.74, 6) is 1.62. The molecule has 0 unspecified atom stereocenters. The Labute approximate surface area is 143 Å². The summed E-state index contributed by atoms with van der Waals surface area (Å²) in [7, 11) is 7.40. The summed E-state index contributed by atoms with van der Waals surface area (Å²) < 4.78 is 6.77.